The summed E-state index contributed by atoms with van der Waals surface area (Å²) in [7, 11) is 3.02. The third-order valence-corrected chi connectivity index (χ3v) is 7.28. The SMILES string of the molecule is CN(C)[C@@H]1C(=O)C(C(N)=O)=C(O)[C@@]2(O)C(=O)C3=C(O)c4c(O)ccc(CNOCC(F)F)c4CC3CC12. The fourth-order valence-electron chi connectivity index (χ4n) is 5.72. The minimum absolute atomic E-state index is 0.0592. The summed E-state index contributed by atoms with van der Waals surface area (Å²) in [6.07, 6.45) is -2.67. The Labute approximate surface area is 209 Å². The Balaban J connectivity index is 1.83. The molecule has 0 saturated heterocycles. The zero-order valence-electron chi connectivity index (χ0n) is 20.0. The lowest BCUT2D eigenvalue weighted by Crippen LogP contribution is -2.65. The van der Waals surface area contributed by atoms with Crippen molar-refractivity contribution in [2.24, 2.45) is 17.6 Å². The van der Waals surface area contributed by atoms with Gasteiger partial charge in [0.2, 0.25) is 5.78 Å². The first-order chi connectivity index (χ1) is 17.3. The number of aromatic hydroxyl groups is 1. The minimum atomic E-state index is -2.72. The number of benzene rings is 1. The molecule has 4 rings (SSSR count). The summed E-state index contributed by atoms with van der Waals surface area (Å²) >= 11 is 0. The number of phenols is 1. The number of amides is 1. The van der Waals surface area contributed by atoms with Crippen LogP contribution in [-0.2, 0) is 32.2 Å². The number of likely N-dealkylation sites (N-methyl/N-ethyl adjacent to an activating group) is 1. The first-order valence-corrected chi connectivity index (χ1v) is 11.4. The highest BCUT2D eigenvalue weighted by Crippen LogP contribution is 2.52. The average Bonchev–Trinajstić information content (AvgIpc) is 2.79. The molecule has 13 heteroatoms. The number of alkyl halides is 2. The smallest absolute Gasteiger partial charge is 0.263 e. The predicted octanol–water partition coefficient (Wildman–Crippen LogP) is 0.250. The number of Topliss-reactive ketones (excluding diaryl/α,β-unsaturated/α-hetero) is 2. The Kier molecular flexibility index (Phi) is 6.84. The van der Waals surface area contributed by atoms with Crippen LogP contribution in [0.5, 0.6) is 5.75 Å². The number of halogens is 2. The fourth-order valence-corrected chi connectivity index (χ4v) is 5.72. The molecule has 1 fully saturated rings. The first-order valence-electron chi connectivity index (χ1n) is 11.4. The molecule has 0 aromatic heterocycles. The van der Waals surface area contributed by atoms with Crippen molar-refractivity contribution < 1.29 is 48.4 Å². The van der Waals surface area contributed by atoms with Crippen LogP contribution in [-0.4, -0.2) is 81.6 Å². The molecule has 1 amide bonds. The van der Waals surface area contributed by atoms with Gasteiger partial charge in [0, 0.05) is 18.0 Å². The Hall–Kier alpha value is -3.39. The third kappa shape index (κ3) is 4.07. The van der Waals surface area contributed by atoms with Crippen LogP contribution in [0.2, 0.25) is 0 Å². The minimum Gasteiger partial charge on any atom is -0.508 e. The number of rotatable bonds is 7. The van der Waals surface area contributed by atoms with Crippen LogP contribution in [0.4, 0.5) is 8.78 Å². The highest BCUT2D eigenvalue weighted by Gasteiger charge is 2.64. The fraction of sp³-hybridized carbons (Fsp3) is 0.458. The van der Waals surface area contributed by atoms with E-state index >= 15 is 0 Å². The van der Waals surface area contributed by atoms with Gasteiger partial charge in [-0.3, -0.25) is 24.1 Å². The van der Waals surface area contributed by atoms with Crippen molar-refractivity contribution in [2.45, 2.75) is 37.5 Å². The number of primary amides is 1. The van der Waals surface area contributed by atoms with Crippen molar-refractivity contribution in [3.8, 4) is 5.75 Å². The Morgan fingerprint density at radius 3 is 2.54 bits per heavy atom. The van der Waals surface area contributed by atoms with Crippen molar-refractivity contribution in [1.29, 1.82) is 0 Å². The van der Waals surface area contributed by atoms with Gasteiger partial charge in [-0.2, -0.15) is 5.48 Å². The summed E-state index contributed by atoms with van der Waals surface area (Å²) in [6.45, 7) is -0.909. The first kappa shape index (κ1) is 26.7. The van der Waals surface area contributed by atoms with Crippen LogP contribution in [0.25, 0.3) is 5.76 Å². The molecule has 0 bridgehead atoms. The van der Waals surface area contributed by atoms with Crippen LogP contribution in [0, 0.1) is 11.8 Å². The second-order valence-corrected chi connectivity index (χ2v) is 9.58. The van der Waals surface area contributed by atoms with Gasteiger partial charge in [-0.1, -0.05) is 6.07 Å². The molecule has 1 saturated carbocycles. The largest absolute Gasteiger partial charge is 0.508 e. The number of hydrogen-bond acceptors (Lipinski definition) is 10. The quantitative estimate of drug-likeness (QED) is 0.165. The van der Waals surface area contributed by atoms with E-state index in [1.165, 1.54) is 31.1 Å². The highest BCUT2D eigenvalue weighted by atomic mass is 19.3. The standard InChI is InChI=1S/C24H27F2N3O8/c1-29(2)18-12-6-10-5-11-9(7-28-37-8-14(25)26)3-4-13(30)16(11)19(31)15(10)21(33)24(12,36)22(34)17(20(18)32)23(27)35/h3-4,10,12,14,18,28,30-31,34,36H,5-8H2,1-2H3,(H2,27,35)/t10?,12?,18-,24-/m0/s1. The summed E-state index contributed by atoms with van der Waals surface area (Å²) in [4.78, 5) is 44.9. The van der Waals surface area contributed by atoms with Crippen LogP contribution in [0.1, 0.15) is 23.1 Å². The van der Waals surface area contributed by atoms with Gasteiger partial charge in [0.1, 0.15) is 29.4 Å². The van der Waals surface area contributed by atoms with E-state index in [0.29, 0.717) is 11.1 Å². The summed E-state index contributed by atoms with van der Waals surface area (Å²) in [5.74, 6) is -7.39. The van der Waals surface area contributed by atoms with Crippen molar-refractivity contribution in [2.75, 3.05) is 20.7 Å². The molecular weight excluding hydrogens is 496 g/mol. The van der Waals surface area contributed by atoms with Crippen molar-refractivity contribution in [3.63, 3.8) is 0 Å². The molecule has 1 aromatic carbocycles. The number of aliphatic hydroxyl groups excluding tert-OH is 2. The van der Waals surface area contributed by atoms with E-state index in [1.54, 1.807) is 0 Å². The van der Waals surface area contributed by atoms with E-state index in [1.807, 2.05) is 0 Å². The van der Waals surface area contributed by atoms with E-state index in [0.717, 1.165) is 0 Å². The van der Waals surface area contributed by atoms with E-state index in [2.05, 4.69) is 5.48 Å². The third-order valence-electron chi connectivity index (χ3n) is 7.28. The van der Waals surface area contributed by atoms with Gasteiger partial charge in [0.15, 0.2) is 11.4 Å². The maximum Gasteiger partial charge on any atom is 0.263 e. The lowest BCUT2D eigenvalue weighted by atomic mass is 9.57. The van der Waals surface area contributed by atoms with E-state index in [-0.39, 0.29) is 36.3 Å². The zero-order chi connectivity index (χ0) is 27.4. The number of nitrogens with one attached hydrogen (secondary N) is 1. The Bertz CT molecular complexity index is 1240. The lowest BCUT2D eigenvalue weighted by molar-refractivity contribution is -0.153. The number of nitrogens with two attached hydrogens (primary N) is 1. The molecule has 0 spiro atoms. The monoisotopic (exact) mass is 523 g/mol. The molecule has 1 aromatic rings. The Morgan fingerprint density at radius 2 is 1.95 bits per heavy atom. The van der Waals surface area contributed by atoms with Gasteiger partial charge >= 0.3 is 0 Å². The molecule has 3 aliphatic carbocycles. The zero-order valence-corrected chi connectivity index (χ0v) is 20.0. The molecule has 3 aliphatic rings. The molecular formula is C24H27F2N3O8. The second-order valence-electron chi connectivity index (χ2n) is 9.58. The van der Waals surface area contributed by atoms with Gasteiger partial charge < -0.3 is 26.2 Å². The number of fused-ring (bicyclic) bond motifs is 3. The van der Waals surface area contributed by atoms with Gasteiger partial charge in [0.05, 0.1) is 11.6 Å². The molecule has 0 radical (unpaired) electrons. The van der Waals surface area contributed by atoms with Gasteiger partial charge in [-0.15, -0.1) is 0 Å². The molecule has 2 unspecified atom stereocenters. The number of hydrogen-bond donors (Lipinski definition) is 6. The predicted molar refractivity (Wildman–Crippen MR) is 123 cm³/mol. The number of nitrogens with zero attached hydrogens (tertiary/aromatic N) is 1. The number of ketones is 2. The molecule has 4 atom stereocenters. The number of hydroxylamine groups is 1. The van der Waals surface area contributed by atoms with Crippen LogP contribution >= 0.6 is 0 Å². The molecule has 200 valence electrons. The molecule has 0 heterocycles. The summed E-state index contributed by atoms with van der Waals surface area (Å²) in [6, 6.07) is 1.56. The average molecular weight is 523 g/mol. The molecule has 7 N–H and O–H groups in total. The van der Waals surface area contributed by atoms with Gasteiger partial charge in [-0.25, -0.2) is 8.78 Å². The number of phenolic OH excluding ortho intramolecular Hbond substituents is 1. The highest BCUT2D eigenvalue weighted by molar-refractivity contribution is 6.24. The lowest BCUT2D eigenvalue weighted by Gasteiger charge is -2.50. The molecule has 0 aliphatic heterocycles. The Morgan fingerprint density at radius 1 is 1.27 bits per heavy atom. The van der Waals surface area contributed by atoms with Crippen molar-refractivity contribution >= 4 is 23.2 Å². The maximum atomic E-state index is 13.7. The topological polar surface area (TPSA) is 183 Å². The van der Waals surface area contributed by atoms with Crippen LogP contribution in [0.3, 0.4) is 0 Å². The summed E-state index contributed by atoms with van der Waals surface area (Å²) in [5.41, 5.74) is 4.62. The van der Waals surface area contributed by atoms with E-state index < -0.39 is 71.1 Å². The number of carbonyl (C=O) groups excluding carboxylic acids is 3. The summed E-state index contributed by atoms with van der Waals surface area (Å²) < 4.78 is 24.8. The van der Waals surface area contributed by atoms with Crippen LogP contribution < -0.4 is 11.2 Å². The van der Waals surface area contributed by atoms with Gasteiger partial charge in [-0.05, 0) is 50.0 Å². The van der Waals surface area contributed by atoms with Gasteiger partial charge in [0.25, 0.3) is 12.3 Å². The second kappa shape index (κ2) is 9.49. The molecule has 37 heavy (non-hydrogen) atoms. The van der Waals surface area contributed by atoms with E-state index in [4.69, 9.17) is 10.6 Å². The summed E-state index contributed by atoms with van der Waals surface area (Å²) in [5, 5.41) is 44.0. The number of carbonyl (C=O) groups is 3. The van der Waals surface area contributed by atoms with E-state index in [9.17, 15) is 43.6 Å². The van der Waals surface area contributed by atoms with Crippen LogP contribution in [0.15, 0.2) is 29.0 Å². The normalized spacial score (nSPS) is 27.5. The van der Waals surface area contributed by atoms with Crippen molar-refractivity contribution in [1.82, 2.24) is 10.4 Å². The molecule has 11 nitrogen and oxygen atoms in total. The maximum absolute atomic E-state index is 13.7. The van der Waals surface area contributed by atoms with Crippen molar-refractivity contribution in [3.05, 3.63) is 45.7 Å². The number of aliphatic hydroxyl groups is 3.